The molecule has 2 heteroatoms. The van der Waals surface area contributed by atoms with Crippen LogP contribution in [0.1, 0.15) is 52.7 Å². The molecule has 4 aromatic rings. The van der Waals surface area contributed by atoms with E-state index in [9.17, 15) is 0 Å². The Bertz CT molecular complexity index is 1280. The molecular formula is C29H30N2. The molecule has 1 aliphatic rings. The smallest absolute Gasteiger partial charge is 0.0973 e. The molecule has 0 saturated carbocycles. The van der Waals surface area contributed by atoms with Gasteiger partial charge in [-0.25, -0.2) is 9.97 Å². The highest BCUT2D eigenvalue weighted by Gasteiger charge is 2.57. The van der Waals surface area contributed by atoms with E-state index in [-0.39, 0.29) is 16.2 Å². The first kappa shape index (κ1) is 19.9. The van der Waals surface area contributed by atoms with Crippen LogP contribution in [0, 0.1) is 5.41 Å². The fraction of sp³-hybridized carbons (Fsp3) is 0.310. The molecule has 2 nitrogen and oxygen atoms in total. The summed E-state index contributed by atoms with van der Waals surface area (Å²) in [6.07, 6.45) is 0. The summed E-state index contributed by atoms with van der Waals surface area (Å²) in [4.78, 5) is 10.6. The molecule has 0 aliphatic heterocycles. The predicted octanol–water partition coefficient (Wildman–Crippen LogP) is 7.56. The van der Waals surface area contributed by atoms with Gasteiger partial charge in [0.2, 0.25) is 0 Å². The lowest BCUT2D eigenvalue weighted by atomic mass is 9.59. The van der Waals surface area contributed by atoms with Gasteiger partial charge in [0.05, 0.1) is 22.4 Å². The van der Waals surface area contributed by atoms with Crippen molar-refractivity contribution < 1.29 is 0 Å². The molecular weight excluding hydrogens is 376 g/mol. The van der Waals surface area contributed by atoms with Crippen molar-refractivity contribution >= 4 is 11.0 Å². The molecule has 5 rings (SSSR count). The van der Waals surface area contributed by atoms with Crippen LogP contribution in [-0.2, 0) is 10.8 Å². The van der Waals surface area contributed by atoms with Gasteiger partial charge < -0.3 is 0 Å². The van der Waals surface area contributed by atoms with E-state index < -0.39 is 0 Å². The zero-order chi connectivity index (χ0) is 22.0. The summed E-state index contributed by atoms with van der Waals surface area (Å²) in [6.45, 7) is 14.3. The van der Waals surface area contributed by atoms with Crippen molar-refractivity contribution in [2.24, 2.45) is 5.41 Å². The second-order valence-corrected chi connectivity index (χ2v) is 10.4. The summed E-state index contributed by atoms with van der Waals surface area (Å²) < 4.78 is 0. The predicted molar refractivity (Wildman–Crippen MR) is 130 cm³/mol. The van der Waals surface area contributed by atoms with Gasteiger partial charge in [0.15, 0.2) is 0 Å². The van der Waals surface area contributed by atoms with E-state index in [2.05, 4.69) is 102 Å². The van der Waals surface area contributed by atoms with Gasteiger partial charge in [0, 0.05) is 11.1 Å². The largest absolute Gasteiger partial charge is 0.244 e. The topological polar surface area (TPSA) is 25.8 Å². The number of fused-ring (bicyclic) bond motifs is 3. The number of hydrogen-bond acceptors (Lipinski definition) is 2. The van der Waals surface area contributed by atoms with Crippen molar-refractivity contribution in [3.63, 3.8) is 0 Å². The van der Waals surface area contributed by atoms with Gasteiger partial charge in [-0.2, -0.15) is 0 Å². The summed E-state index contributed by atoms with van der Waals surface area (Å²) in [5.74, 6) is 0. The molecule has 0 fully saturated rings. The SMILES string of the molecule is CC1(C)c2ccc3nc(-c4ccccc4)c(-c4ccccc4)nc3c2C(C)(C)C1(C)C. The highest BCUT2D eigenvalue weighted by Crippen LogP contribution is 2.62. The average Bonchev–Trinajstić information content (AvgIpc) is 2.88. The Kier molecular flexibility index (Phi) is 4.18. The Morgan fingerprint density at radius 2 is 1.06 bits per heavy atom. The van der Waals surface area contributed by atoms with E-state index >= 15 is 0 Å². The van der Waals surface area contributed by atoms with Crippen molar-refractivity contribution in [1.29, 1.82) is 0 Å². The molecule has 0 atom stereocenters. The minimum Gasteiger partial charge on any atom is -0.244 e. The molecule has 31 heavy (non-hydrogen) atoms. The van der Waals surface area contributed by atoms with E-state index in [4.69, 9.17) is 9.97 Å². The first-order valence-electron chi connectivity index (χ1n) is 11.1. The molecule has 156 valence electrons. The van der Waals surface area contributed by atoms with E-state index in [1.807, 2.05) is 12.1 Å². The highest BCUT2D eigenvalue weighted by atomic mass is 14.8. The quantitative estimate of drug-likeness (QED) is 0.343. The molecule has 0 spiro atoms. The molecule has 0 saturated heterocycles. The molecule has 1 aliphatic carbocycles. The number of benzene rings is 3. The van der Waals surface area contributed by atoms with E-state index in [1.54, 1.807) is 0 Å². The summed E-state index contributed by atoms with van der Waals surface area (Å²) in [7, 11) is 0. The monoisotopic (exact) mass is 406 g/mol. The third kappa shape index (κ3) is 2.64. The van der Waals surface area contributed by atoms with Crippen LogP contribution in [0.2, 0.25) is 0 Å². The van der Waals surface area contributed by atoms with Crippen LogP contribution in [0.3, 0.4) is 0 Å². The first-order chi connectivity index (χ1) is 14.7. The van der Waals surface area contributed by atoms with Crippen LogP contribution < -0.4 is 0 Å². The second kappa shape index (κ2) is 6.50. The van der Waals surface area contributed by atoms with Crippen molar-refractivity contribution in [3.05, 3.63) is 83.9 Å². The summed E-state index contributed by atoms with van der Waals surface area (Å²) in [6, 6.07) is 25.3. The van der Waals surface area contributed by atoms with Crippen LogP contribution in [0.5, 0.6) is 0 Å². The Hall–Kier alpha value is -3.00. The number of aromatic nitrogens is 2. The molecule has 0 amide bonds. The minimum absolute atomic E-state index is 0.0256. The Balaban J connectivity index is 1.90. The third-order valence-corrected chi connectivity index (χ3v) is 8.35. The van der Waals surface area contributed by atoms with E-state index in [1.165, 1.54) is 11.1 Å². The molecule has 0 bridgehead atoms. The zero-order valence-electron chi connectivity index (χ0n) is 19.3. The van der Waals surface area contributed by atoms with Gasteiger partial charge in [0.1, 0.15) is 0 Å². The third-order valence-electron chi connectivity index (χ3n) is 8.35. The maximum absolute atomic E-state index is 5.36. The van der Waals surface area contributed by atoms with Crippen molar-refractivity contribution in [2.45, 2.75) is 52.4 Å². The van der Waals surface area contributed by atoms with Crippen LogP contribution in [0.15, 0.2) is 72.8 Å². The van der Waals surface area contributed by atoms with Gasteiger partial charge in [0.25, 0.3) is 0 Å². The van der Waals surface area contributed by atoms with Gasteiger partial charge in [-0.05, 0) is 33.4 Å². The highest BCUT2D eigenvalue weighted by molar-refractivity contribution is 5.90. The van der Waals surface area contributed by atoms with Gasteiger partial charge in [-0.3, -0.25) is 0 Å². The standard InChI is InChI=1S/C29H30N2/c1-27(2)21-17-18-22-26(23(21)28(3,4)29(27,5)6)31-25(20-15-11-8-12-16-20)24(30-22)19-13-9-7-10-14-19/h7-18H,1-6H3. The average molecular weight is 407 g/mol. The lowest BCUT2D eigenvalue weighted by Crippen LogP contribution is -2.42. The summed E-state index contributed by atoms with van der Waals surface area (Å²) in [5, 5.41) is 0. The maximum atomic E-state index is 5.36. The summed E-state index contributed by atoms with van der Waals surface area (Å²) >= 11 is 0. The lowest BCUT2D eigenvalue weighted by molar-refractivity contribution is 0.125. The van der Waals surface area contributed by atoms with E-state index in [0.29, 0.717) is 0 Å². The Morgan fingerprint density at radius 3 is 1.61 bits per heavy atom. The molecule has 0 N–H and O–H groups in total. The molecule has 1 heterocycles. The summed E-state index contributed by atoms with van der Waals surface area (Å²) in [5.41, 5.74) is 8.95. The molecule has 1 aromatic heterocycles. The molecule has 0 unspecified atom stereocenters. The Labute approximate surface area is 185 Å². The van der Waals surface area contributed by atoms with E-state index in [0.717, 1.165) is 33.5 Å². The second-order valence-electron chi connectivity index (χ2n) is 10.4. The van der Waals surface area contributed by atoms with Crippen LogP contribution in [0.25, 0.3) is 33.5 Å². The molecule has 0 radical (unpaired) electrons. The Morgan fingerprint density at radius 1 is 0.548 bits per heavy atom. The number of rotatable bonds is 2. The maximum Gasteiger partial charge on any atom is 0.0973 e. The van der Waals surface area contributed by atoms with Gasteiger partial charge in [-0.15, -0.1) is 0 Å². The van der Waals surface area contributed by atoms with Gasteiger partial charge >= 0.3 is 0 Å². The number of nitrogens with zero attached hydrogens (tertiary/aromatic N) is 2. The zero-order valence-corrected chi connectivity index (χ0v) is 19.3. The van der Waals surface area contributed by atoms with Crippen molar-refractivity contribution in [2.75, 3.05) is 0 Å². The normalized spacial score (nSPS) is 18.1. The van der Waals surface area contributed by atoms with Crippen LogP contribution >= 0.6 is 0 Å². The molecule has 3 aromatic carbocycles. The minimum atomic E-state index is -0.0256. The van der Waals surface area contributed by atoms with Crippen LogP contribution in [-0.4, -0.2) is 9.97 Å². The van der Waals surface area contributed by atoms with Crippen molar-refractivity contribution in [3.8, 4) is 22.5 Å². The van der Waals surface area contributed by atoms with Gasteiger partial charge in [-0.1, -0.05) is 108 Å². The van der Waals surface area contributed by atoms with Crippen molar-refractivity contribution in [1.82, 2.24) is 9.97 Å². The first-order valence-corrected chi connectivity index (χ1v) is 11.1. The fourth-order valence-corrected chi connectivity index (χ4v) is 5.30. The van der Waals surface area contributed by atoms with Crippen LogP contribution in [0.4, 0.5) is 0 Å². The lowest BCUT2D eigenvalue weighted by Gasteiger charge is -2.44. The number of hydrogen-bond donors (Lipinski definition) is 0. The fourth-order valence-electron chi connectivity index (χ4n) is 5.30.